The van der Waals surface area contributed by atoms with Crippen molar-refractivity contribution < 1.29 is 5.21 Å². The minimum absolute atomic E-state index is 0.243. The minimum Gasteiger partial charge on any atom is -0.409 e. The van der Waals surface area contributed by atoms with E-state index in [1.807, 2.05) is 13.8 Å². The van der Waals surface area contributed by atoms with Crippen LogP contribution in [0.1, 0.15) is 60.3 Å². The molecule has 1 atom stereocenters. The number of unbranched alkanes of at least 4 members (excludes halogenated alkanes) is 1. The molecule has 4 nitrogen and oxygen atoms in total. The third kappa shape index (κ3) is 5.71. The summed E-state index contributed by atoms with van der Waals surface area (Å²) >= 11 is 0. The van der Waals surface area contributed by atoms with E-state index in [-0.39, 0.29) is 5.41 Å². The topological polar surface area (TPSA) is 61.8 Å². The molecule has 0 fully saturated rings. The molecule has 0 saturated carbocycles. The maximum absolute atomic E-state index is 8.78. The summed E-state index contributed by atoms with van der Waals surface area (Å²) < 4.78 is 0. The van der Waals surface area contributed by atoms with Crippen molar-refractivity contribution in [2.45, 2.75) is 66.3 Å². The third-order valence-electron chi connectivity index (χ3n) is 3.84. The molecule has 0 aromatic carbocycles. The number of nitrogens with two attached hydrogens (primary N) is 1. The highest BCUT2D eigenvalue weighted by Crippen LogP contribution is 2.22. The number of amidine groups is 1. The standard InChI is InChI=1S/C14H31N3O/c1-6-8-10-17(12(3)7-2)11-9-14(4,5)13(15)16-18/h12,18H,6-11H2,1-5H3,(H2,15,16). The SMILES string of the molecule is CCCCN(CCC(C)(C)C(N)=NO)C(C)CC. The molecule has 0 aromatic heterocycles. The highest BCUT2D eigenvalue weighted by molar-refractivity contribution is 5.85. The predicted octanol–water partition coefficient (Wildman–Crippen LogP) is 3.05. The van der Waals surface area contributed by atoms with Crippen molar-refractivity contribution in [1.82, 2.24) is 4.90 Å². The summed E-state index contributed by atoms with van der Waals surface area (Å²) in [6.07, 6.45) is 4.52. The van der Waals surface area contributed by atoms with Gasteiger partial charge in [0.05, 0.1) is 0 Å². The van der Waals surface area contributed by atoms with Crippen LogP contribution in [0.3, 0.4) is 0 Å². The Morgan fingerprint density at radius 1 is 1.33 bits per heavy atom. The van der Waals surface area contributed by atoms with Crippen LogP contribution in [0.25, 0.3) is 0 Å². The summed E-state index contributed by atoms with van der Waals surface area (Å²) in [7, 11) is 0. The fraction of sp³-hybridized carbons (Fsp3) is 0.929. The highest BCUT2D eigenvalue weighted by Gasteiger charge is 2.25. The van der Waals surface area contributed by atoms with Crippen LogP contribution < -0.4 is 5.73 Å². The van der Waals surface area contributed by atoms with E-state index in [1.54, 1.807) is 0 Å². The summed E-state index contributed by atoms with van der Waals surface area (Å²) in [6, 6.07) is 0.597. The summed E-state index contributed by atoms with van der Waals surface area (Å²) in [5.41, 5.74) is 5.48. The fourth-order valence-electron chi connectivity index (χ4n) is 1.86. The normalized spacial score (nSPS) is 15.1. The van der Waals surface area contributed by atoms with Crippen molar-refractivity contribution in [3.63, 3.8) is 0 Å². The van der Waals surface area contributed by atoms with Gasteiger partial charge in [0.15, 0.2) is 0 Å². The number of nitrogens with zero attached hydrogens (tertiary/aromatic N) is 2. The largest absolute Gasteiger partial charge is 0.409 e. The molecule has 4 heteroatoms. The first kappa shape index (κ1) is 17.2. The Bertz CT molecular complexity index is 251. The smallest absolute Gasteiger partial charge is 0.144 e. The van der Waals surface area contributed by atoms with E-state index in [4.69, 9.17) is 10.9 Å². The summed E-state index contributed by atoms with van der Waals surface area (Å²) in [6.45, 7) is 12.9. The second-order valence-corrected chi connectivity index (χ2v) is 5.77. The predicted molar refractivity (Wildman–Crippen MR) is 78.0 cm³/mol. The van der Waals surface area contributed by atoms with Crippen molar-refractivity contribution in [2.24, 2.45) is 16.3 Å². The van der Waals surface area contributed by atoms with Gasteiger partial charge in [-0.15, -0.1) is 0 Å². The van der Waals surface area contributed by atoms with Gasteiger partial charge in [0, 0.05) is 11.5 Å². The summed E-state index contributed by atoms with van der Waals surface area (Å²) in [4.78, 5) is 2.51. The van der Waals surface area contributed by atoms with Crippen molar-refractivity contribution in [3.05, 3.63) is 0 Å². The van der Waals surface area contributed by atoms with Crippen LogP contribution in [0.2, 0.25) is 0 Å². The molecule has 18 heavy (non-hydrogen) atoms. The average molecular weight is 257 g/mol. The van der Waals surface area contributed by atoms with Crippen molar-refractivity contribution in [2.75, 3.05) is 13.1 Å². The second-order valence-electron chi connectivity index (χ2n) is 5.77. The van der Waals surface area contributed by atoms with Gasteiger partial charge in [-0.05, 0) is 39.3 Å². The van der Waals surface area contributed by atoms with Crippen molar-refractivity contribution >= 4 is 5.84 Å². The maximum Gasteiger partial charge on any atom is 0.144 e. The molecule has 0 saturated heterocycles. The zero-order chi connectivity index (χ0) is 14.2. The first-order valence-corrected chi connectivity index (χ1v) is 7.11. The molecule has 0 aliphatic rings. The first-order chi connectivity index (χ1) is 8.38. The van der Waals surface area contributed by atoms with Gasteiger partial charge < -0.3 is 15.8 Å². The fourth-order valence-corrected chi connectivity index (χ4v) is 1.86. The minimum atomic E-state index is -0.243. The van der Waals surface area contributed by atoms with Crippen LogP contribution in [0.15, 0.2) is 5.16 Å². The molecule has 108 valence electrons. The van der Waals surface area contributed by atoms with Crippen molar-refractivity contribution in [1.29, 1.82) is 0 Å². The van der Waals surface area contributed by atoms with Gasteiger partial charge in [-0.1, -0.05) is 39.3 Å². The average Bonchev–Trinajstić information content (AvgIpc) is 2.36. The zero-order valence-corrected chi connectivity index (χ0v) is 12.7. The highest BCUT2D eigenvalue weighted by atomic mass is 16.4. The number of hydrogen-bond acceptors (Lipinski definition) is 3. The molecule has 0 bridgehead atoms. The van der Waals surface area contributed by atoms with Crippen molar-refractivity contribution in [3.8, 4) is 0 Å². The first-order valence-electron chi connectivity index (χ1n) is 7.11. The lowest BCUT2D eigenvalue weighted by Crippen LogP contribution is -2.39. The van der Waals surface area contributed by atoms with Gasteiger partial charge in [-0.2, -0.15) is 0 Å². The third-order valence-corrected chi connectivity index (χ3v) is 3.84. The lowest BCUT2D eigenvalue weighted by atomic mass is 9.87. The Balaban J connectivity index is 4.41. The van der Waals surface area contributed by atoms with Gasteiger partial charge in [0.2, 0.25) is 0 Å². The Hall–Kier alpha value is -0.770. The summed E-state index contributed by atoms with van der Waals surface area (Å²) in [5.74, 6) is 0.321. The molecule has 0 radical (unpaired) electrons. The lowest BCUT2D eigenvalue weighted by Gasteiger charge is -2.32. The molecule has 0 spiro atoms. The molecule has 0 aliphatic heterocycles. The van der Waals surface area contributed by atoms with E-state index in [1.165, 1.54) is 12.8 Å². The maximum atomic E-state index is 8.78. The Kier molecular flexibility index (Phi) is 8.00. The van der Waals surface area contributed by atoms with Gasteiger partial charge in [0.25, 0.3) is 0 Å². The molecule has 0 aromatic rings. The van der Waals surface area contributed by atoms with E-state index in [0.29, 0.717) is 11.9 Å². The Morgan fingerprint density at radius 2 is 1.94 bits per heavy atom. The van der Waals surface area contributed by atoms with E-state index >= 15 is 0 Å². The van der Waals surface area contributed by atoms with E-state index in [2.05, 4.69) is 30.8 Å². The van der Waals surface area contributed by atoms with Crippen LogP contribution in [0, 0.1) is 5.41 Å². The van der Waals surface area contributed by atoms with Crippen LogP contribution in [0.4, 0.5) is 0 Å². The number of rotatable bonds is 9. The summed E-state index contributed by atoms with van der Waals surface area (Å²) in [5, 5.41) is 11.9. The Labute approximate surface area is 112 Å². The van der Waals surface area contributed by atoms with Crippen LogP contribution in [0.5, 0.6) is 0 Å². The molecule has 0 aliphatic carbocycles. The quantitative estimate of drug-likeness (QED) is 0.289. The molecule has 0 amide bonds. The van der Waals surface area contributed by atoms with Gasteiger partial charge in [-0.3, -0.25) is 0 Å². The van der Waals surface area contributed by atoms with Crippen LogP contribution in [-0.4, -0.2) is 35.1 Å². The lowest BCUT2D eigenvalue weighted by molar-refractivity contribution is 0.181. The monoisotopic (exact) mass is 257 g/mol. The van der Waals surface area contributed by atoms with E-state index in [0.717, 1.165) is 25.9 Å². The van der Waals surface area contributed by atoms with E-state index in [9.17, 15) is 0 Å². The number of hydrogen-bond donors (Lipinski definition) is 2. The molecular formula is C14H31N3O. The zero-order valence-electron chi connectivity index (χ0n) is 12.7. The number of oxime groups is 1. The van der Waals surface area contributed by atoms with E-state index < -0.39 is 0 Å². The Morgan fingerprint density at radius 3 is 2.39 bits per heavy atom. The van der Waals surface area contributed by atoms with Gasteiger partial charge >= 0.3 is 0 Å². The van der Waals surface area contributed by atoms with Crippen LogP contribution >= 0.6 is 0 Å². The molecule has 1 unspecified atom stereocenters. The second kappa shape index (κ2) is 8.35. The van der Waals surface area contributed by atoms with Gasteiger partial charge in [0.1, 0.15) is 5.84 Å². The molecular weight excluding hydrogens is 226 g/mol. The van der Waals surface area contributed by atoms with Gasteiger partial charge in [-0.25, -0.2) is 0 Å². The van der Waals surface area contributed by atoms with Crippen LogP contribution in [-0.2, 0) is 0 Å². The molecule has 3 N–H and O–H groups in total. The molecule has 0 heterocycles. The molecule has 0 rings (SSSR count).